The lowest BCUT2D eigenvalue weighted by molar-refractivity contribution is -0.384. The maximum atomic E-state index is 11.7. The summed E-state index contributed by atoms with van der Waals surface area (Å²) < 4.78 is 4.87. The monoisotopic (exact) mass is 300 g/mol. The second-order valence-corrected chi connectivity index (χ2v) is 4.29. The Kier molecular flexibility index (Phi) is 3.14. The number of carbonyl (C=O) groups is 1. The predicted molar refractivity (Wildman–Crippen MR) is 74.2 cm³/mol. The van der Waals surface area contributed by atoms with Crippen LogP contribution in [0.15, 0.2) is 51.2 Å². The van der Waals surface area contributed by atoms with E-state index in [1.165, 1.54) is 36.6 Å². The van der Waals surface area contributed by atoms with Gasteiger partial charge in [0.2, 0.25) is 5.88 Å². The van der Waals surface area contributed by atoms with Crippen LogP contribution in [0.4, 0.5) is 11.4 Å². The van der Waals surface area contributed by atoms with Crippen molar-refractivity contribution in [2.75, 3.05) is 0 Å². The number of aromatic nitrogens is 1. The molecule has 0 atom stereocenters. The summed E-state index contributed by atoms with van der Waals surface area (Å²) in [6.07, 6.45) is 1.31. The number of nitro groups is 1. The minimum absolute atomic E-state index is 0.00550. The summed E-state index contributed by atoms with van der Waals surface area (Å²) >= 11 is 0. The number of aromatic amines is 1. The Balaban J connectivity index is 2.02. The standard InChI is InChI=1S/C13H8N4O5/c18-12(10-2-1-5-22-10)16-15-11-8-6-7(17(20)21)3-4-9(8)14-13(11)19/h1-6,14,19H. The molecule has 1 aromatic carbocycles. The fourth-order valence-corrected chi connectivity index (χ4v) is 1.91. The van der Waals surface area contributed by atoms with Crippen molar-refractivity contribution in [2.24, 2.45) is 10.2 Å². The van der Waals surface area contributed by atoms with Crippen LogP contribution in [0.3, 0.4) is 0 Å². The second kappa shape index (κ2) is 5.13. The molecule has 2 aromatic heterocycles. The van der Waals surface area contributed by atoms with Crippen LogP contribution in [0.5, 0.6) is 5.88 Å². The van der Waals surface area contributed by atoms with Crippen LogP contribution in [-0.2, 0) is 0 Å². The lowest BCUT2D eigenvalue weighted by Crippen LogP contribution is -1.89. The summed E-state index contributed by atoms with van der Waals surface area (Å²) in [5.41, 5.74) is 0.210. The van der Waals surface area contributed by atoms with Crippen LogP contribution in [0, 0.1) is 10.1 Å². The molecule has 3 aromatic rings. The minimum Gasteiger partial charge on any atom is -0.493 e. The zero-order valence-corrected chi connectivity index (χ0v) is 10.9. The molecular formula is C13H8N4O5. The first-order chi connectivity index (χ1) is 10.6. The molecule has 9 heteroatoms. The molecule has 22 heavy (non-hydrogen) atoms. The Morgan fingerprint density at radius 1 is 1.36 bits per heavy atom. The third-order valence-electron chi connectivity index (χ3n) is 2.92. The van der Waals surface area contributed by atoms with E-state index in [4.69, 9.17) is 4.42 Å². The summed E-state index contributed by atoms with van der Waals surface area (Å²) in [6, 6.07) is 6.89. The highest BCUT2D eigenvalue weighted by Gasteiger charge is 2.15. The Hall–Kier alpha value is -3.49. The van der Waals surface area contributed by atoms with E-state index in [9.17, 15) is 20.0 Å². The van der Waals surface area contributed by atoms with Crippen LogP contribution < -0.4 is 0 Å². The van der Waals surface area contributed by atoms with Gasteiger partial charge in [-0.2, -0.15) is 0 Å². The van der Waals surface area contributed by atoms with E-state index in [1.54, 1.807) is 0 Å². The van der Waals surface area contributed by atoms with Gasteiger partial charge in [-0.3, -0.25) is 14.9 Å². The topological polar surface area (TPSA) is 134 Å². The molecule has 0 bridgehead atoms. The van der Waals surface area contributed by atoms with Crippen molar-refractivity contribution in [3.63, 3.8) is 0 Å². The number of H-pyrrole nitrogens is 1. The number of carbonyl (C=O) groups excluding carboxylic acids is 1. The molecule has 9 nitrogen and oxygen atoms in total. The van der Waals surface area contributed by atoms with Gasteiger partial charge in [0.05, 0.1) is 16.7 Å². The molecule has 1 amide bonds. The number of rotatable bonds is 3. The first-order valence-corrected chi connectivity index (χ1v) is 6.05. The van der Waals surface area contributed by atoms with Crippen molar-refractivity contribution >= 4 is 28.2 Å². The van der Waals surface area contributed by atoms with Gasteiger partial charge in [-0.1, -0.05) is 0 Å². The number of nitrogens with zero attached hydrogens (tertiary/aromatic N) is 3. The van der Waals surface area contributed by atoms with Gasteiger partial charge in [0.25, 0.3) is 5.69 Å². The van der Waals surface area contributed by atoms with Gasteiger partial charge < -0.3 is 14.5 Å². The maximum Gasteiger partial charge on any atom is 0.331 e. The lowest BCUT2D eigenvalue weighted by Gasteiger charge is -1.93. The average molecular weight is 300 g/mol. The van der Waals surface area contributed by atoms with Crippen LogP contribution in [0.2, 0.25) is 0 Å². The largest absolute Gasteiger partial charge is 0.493 e. The van der Waals surface area contributed by atoms with E-state index in [1.807, 2.05) is 0 Å². The number of nitrogens with one attached hydrogen (secondary N) is 1. The summed E-state index contributed by atoms with van der Waals surface area (Å²) in [7, 11) is 0. The molecule has 0 saturated heterocycles. The SMILES string of the molecule is O=C(N=Nc1c(O)[nH]c2ccc([N+](=O)[O-])cc12)c1ccco1. The van der Waals surface area contributed by atoms with Crippen LogP contribution >= 0.6 is 0 Å². The maximum absolute atomic E-state index is 11.7. The van der Waals surface area contributed by atoms with Gasteiger partial charge in [0.15, 0.2) is 11.4 Å². The van der Waals surface area contributed by atoms with Crippen molar-refractivity contribution in [1.82, 2.24) is 4.98 Å². The van der Waals surface area contributed by atoms with Crippen LogP contribution in [-0.4, -0.2) is 20.9 Å². The molecule has 2 N–H and O–H groups in total. The summed E-state index contributed by atoms with van der Waals surface area (Å²) in [6.45, 7) is 0. The van der Waals surface area contributed by atoms with E-state index < -0.39 is 10.8 Å². The molecule has 0 spiro atoms. The molecule has 0 fully saturated rings. The molecule has 0 aliphatic carbocycles. The van der Waals surface area contributed by atoms with Gasteiger partial charge in [-0.15, -0.1) is 10.2 Å². The fraction of sp³-hybridized carbons (Fsp3) is 0. The van der Waals surface area contributed by atoms with Crippen LogP contribution in [0.25, 0.3) is 10.9 Å². The van der Waals surface area contributed by atoms with E-state index >= 15 is 0 Å². The Morgan fingerprint density at radius 2 is 2.18 bits per heavy atom. The van der Waals surface area contributed by atoms with Crippen molar-refractivity contribution in [1.29, 1.82) is 0 Å². The number of furan rings is 1. The molecule has 0 saturated carbocycles. The van der Waals surface area contributed by atoms with Crippen molar-refractivity contribution in [3.8, 4) is 5.88 Å². The highest BCUT2D eigenvalue weighted by Crippen LogP contribution is 2.37. The van der Waals surface area contributed by atoms with Crippen molar-refractivity contribution < 1.29 is 19.2 Å². The molecule has 0 aliphatic heterocycles. The highest BCUT2D eigenvalue weighted by molar-refractivity contribution is 5.96. The number of nitro benzene ring substituents is 1. The summed E-state index contributed by atoms with van der Waals surface area (Å²) in [4.78, 5) is 24.5. The van der Waals surface area contributed by atoms with Crippen molar-refractivity contribution in [3.05, 3.63) is 52.5 Å². The summed E-state index contributed by atoms with van der Waals surface area (Å²) in [5.74, 6) is -1.08. The molecule has 110 valence electrons. The lowest BCUT2D eigenvalue weighted by atomic mass is 10.2. The number of hydrogen-bond acceptors (Lipinski definition) is 6. The minimum atomic E-state index is -0.732. The third kappa shape index (κ3) is 2.30. The fourth-order valence-electron chi connectivity index (χ4n) is 1.91. The normalized spacial score (nSPS) is 11.3. The van der Waals surface area contributed by atoms with Gasteiger partial charge in [0.1, 0.15) is 0 Å². The molecule has 2 heterocycles. The first-order valence-electron chi connectivity index (χ1n) is 6.05. The summed E-state index contributed by atoms with van der Waals surface area (Å²) in [5, 5.41) is 28.0. The molecule has 0 aliphatic rings. The molecule has 0 unspecified atom stereocenters. The number of non-ortho nitro benzene ring substituents is 1. The Bertz CT molecular complexity index is 895. The van der Waals surface area contributed by atoms with Gasteiger partial charge in [-0.25, -0.2) is 0 Å². The van der Waals surface area contributed by atoms with Gasteiger partial charge in [0, 0.05) is 17.5 Å². The van der Waals surface area contributed by atoms with Gasteiger partial charge >= 0.3 is 5.91 Å². The molecule has 0 radical (unpaired) electrons. The highest BCUT2D eigenvalue weighted by atomic mass is 16.6. The quantitative estimate of drug-likeness (QED) is 0.434. The van der Waals surface area contributed by atoms with Crippen molar-refractivity contribution in [2.45, 2.75) is 0 Å². The van der Waals surface area contributed by atoms with Gasteiger partial charge in [-0.05, 0) is 18.2 Å². The predicted octanol–water partition coefficient (Wildman–Crippen LogP) is 3.30. The number of hydrogen-bond donors (Lipinski definition) is 2. The molecular weight excluding hydrogens is 292 g/mol. The number of aromatic hydroxyl groups is 1. The first kappa shape index (κ1) is 13.5. The smallest absolute Gasteiger partial charge is 0.331 e. The Morgan fingerprint density at radius 3 is 2.86 bits per heavy atom. The second-order valence-electron chi connectivity index (χ2n) is 4.29. The van der Waals surface area contributed by atoms with E-state index in [0.29, 0.717) is 5.52 Å². The average Bonchev–Trinajstić information content (AvgIpc) is 3.11. The van der Waals surface area contributed by atoms with E-state index in [0.717, 1.165) is 0 Å². The zero-order valence-electron chi connectivity index (χ0n) is 10.9. The number of fused-ring (bicyclic) bond motifs is 1. The van der Waals surface area contributed by atoms with E-state index in [-0.39, 0.29) is 28.4 Å². The van der Waals surface area contributed by atoms with E-state index in [2.05, 4.69) is 15.2 Å². The Labute approximate surface area is 122 Å². The number of benzene rings is 1. The zero-order chi connectivity index (χ0) is 15.7. The molecule has 3 rings (SSSR count). The number of amides is 1. The third-order valence-corrected chi connectivity index (χ3v) is 2.92. The van der Waals surface area contributed by atoms with Crippen LogP contribution in [0.1, 0.15) is 10.6 Å². The number of azo groups is 1.